The minimum atomic E-state index is 0.115. The third-order valence-electron chi connectivity index (χ3n) is 3.60. The van der Waals surface area contributed by atoms with E-state index >= 15 is 0 Å². The first kappa shape index (κ1) is 12.2. The van der Waals surface area contributed by atoms with Gasteiger partial charge < -0.3 is 15.5 Å². The molecule has 2 rings (SSSR count). The maximum absolute atomic E-state index is 9.43. The molecule has 0 amide bonds. The van der Waals surface area contributed by atoms with Crippen molar-refractivity contribution in [3.05, 3.63) is 23.8 Å². The van der Waals surface area contributed by atoms with Gasteiger partial charge in [0.25, 0.3) is 0 Å². The van der Waals surface area contributed by atoms with E-state index < -0.39 is 0 Å². The molecule has 94 valence electrons. The lowest BCUT2D eigenvalue weighted by molar-refractivity contribution is 0.424. The maximum Gasteiger partial charge on any atom is 0.119 e. The summed E-state index contributed by atoms with van der Waals surface area (Å²) in [6.45, 7) is 5.31. The minimum Gasteiger partial charge on any atom is -0.508 e. The molecule has 2 atom stereocenters. The summed E-state index contributed by atoms with van der Waals surface area (Å²) in [7, 11) is 0. The Balaban J connectivity index is 1.91. The fourth-order valence-corrected chi connectivity index (χ4v) is 2.18. The van der Waals surface area contributed by atoms with E-state index in [-0.39, 0.29) is 17.5 Å². The molecule has 3 nitrogen and oxygen atoms in total. The lowest BCUT2D eigenvalue weighted by atomic mass is 10.0. The van der Waals surface area contributed by atoms with Crippen molar-refractivity contribution in [1.29, 1.82) is 0 Å². The molecule has 3 heteroatoms. The first-order valence-electron chi connectivity index (χ1n) is 6.32. The molecule has 3 N–H and O–H groups in total. The number of hydrogen-bond acceptors (Lipinski definition) is 3. The van der Waals surface area contributed by atoms with Gasteiger partial charge in [-0.2, -0.15) is 0 Å². The van der Waals surface area contributed by atoms with Gasteiger partial charge in [0.1, 0.15) is 11.5 Å². The summed E-state index contributed by atoms with van der Waals surface area (Å²) in [5, 5.41) is 22.3. The number of phenols is 2. The predicted octanol–water partition coefficient (Wildman–Crippen LogP) is 2.79. The summed E-state index contributed by atoms with van der Waals surface area (Å²) >= 11 is 0. The van der Waals surface area contributed by atoms with E-state index in [1.807, 2.05) is 6.92 Å². The second-order valence-corrected chi connectivity index (χ2v) is 5.23. The van der Waals surface area contributed by atoms with Crippen molar-refractivity contribution in [2.24, 2.45) is 11.8 Å². The van der Waals surface area contributed by atoms with Gasteiger partial charge in [-0.05, 0) is 55.8 Å². The van der Waals surface area contributed by atoms with Gasteiger partial charge >= 0.3 is 0 Å². The van der Waals surface area contributed by atoms with Crippen LogP contribution < -0.4 is 5.32 Å². The zero-order chi connectivity index (χ0) is 12.4. The lowest BCUT2D eigenvalue weighted by Gasteiger charge is -2.18. The first-order chi connectivity index (χ1) is 8.06. The molecule has 0 spiro atoms. The van der Waals surface area contributed by atoms with E-state index in [0.717, 1.165) is 18.0 Å². The number of nitrogens with one attached hydrogen (secondary N) is 1. The van der Waals surface area contributed by atoms with E-state index in [4.69, 9.17) is 0 Å². The molecule has 0 radical (unpaired) electrons. The Kier molecular flexibility index (Phi) is 3.57. The van der Waals surface area contributed by atoms with E-state index in [2.05, 4.69) is 12.2 Å². The van der Waals surface area contributed by atoms with Gasteiger partial charge in [0.05, 0.1) is 0 Å². The third-order valence-corrected chi connectivity index (χ3v) is 3.60. The Hall–Kier alpha value is -1.22. The Morgan fingerprint density at radius 2 is 1.76 bits per heavy atom. The van der Waals surface area contributed by atoms with Gasteiger partial charge in [0, 0.05) is 12.1 Å². The fourth-order valence-electron chi connectivity index (χ4n) is 2.18. The van der Waals surface area contributed by atoms with Gasteiger partial charge in [-0.15, -0.1) is 0 Å². The number of hydrogen-bond donors (Lipinski definition) is 3. The van der Waals surface area contributed by atoms with Crippen LogP contribution >= 0.6 is 0 Å². The van der Waals surface area contributed by atoms with Crippen LogP contribution in [0.15, 0.2) is 18.2 Å². The van der Waals surface area contributed by atoms with Crippen molar-refractivity contribution in [1.82, 2.24) is 5.32 Å². The van der Waals surface area contributed by atoms with E-state index in [1.54, 1.807) is 12.1 Å². The highest BCUT2D eigenvalue weighted by atomic mass is 16.3. The molecule has 0 bridgehead atoms. The number of rotatable bonds is 5. The van der Waals surface area contributed by atoms with Crippen molar-refractivity contribution in [2.75, 3.05) is 6.54 Å². The molecule has 2 unspecified atom stereocenters. The number of phenolic OH excluding ortho intramolecular Hbond substituents is 2. The molecule has 1 aliphatic rings. The largest absolute Gasteiger partial charge is 0.508 e. The van der Waals surface area contributed by atoms with E-state index in [1.165, 1.54) is 18.9 Å². The van der Waals surface area contributed by atoms with Crippen LogP contribution in [0.4, 0.5) is 0 Å². The highest BCUT2D eigenvalue weighted by Gasteiger charge is 2.27. The molecular formula is C14H21NO2. The smallest absolute Gasteiger partial charge is 0.119 e. The quantitative estimate of drug-likeness (QED) is 0.735. The molecule has 0 saturated heterocycles. The molecule has 1 aromatic carbocycles. The van der Waals surface area contributed by atoms with E-state index in [0.29, 0.717) is 5.92 Å². The summed E-state index contributed by atoms with van der Waals surface area (Å²) in [4.78, 5) is 0. The van der Waals surface area contributed by atoms with Crippen molar-refractivity contribution in [2.45, 2.75) is 32.7 Å². The van der Waals surface area contributed by atoms with Crippen LogP contribution in [0.1, 0.15) is 38.3 Å². The van der Waals surface area contributed by atoms with E-state index in [9.17, 15) is 10.2 Å². The molecule has 1 aliphatic carbocycles. The fraction of sp³-hybridized carbons (Fsp3) is 0.571. The standard InChI is InChI=1S/C14H21NO2/c1-9(11-3-4-11)8-15-10(2)12-5-13(16)7-14(17)6-12/h5-7,9-11,15-17H,3-4,8H2,1-2H3. The Labute approximate surface area is 102 Å². The van der Waals surface area contributed by atoms with Gasteiger partial charge in [-0.3, -0.25) is 0 Å². The van der Waals surface area contributed by atoms with Crippen LogP contribution in [-0.2, 0) is 0 Å². The highest BCUT2D eigenvalue weighted by molar-refractivity contribution is 5.37. The SMILES string of the molecule is CC(NCC(C)C1CC1)c1cc(O)cc(O)c1. The summed E-state index contributed by atoms with van der Waals surface area (Å²) in [5.41, 5.74) is 0.922. The van der Waals surface area contributed by atoms with Crippen LogP contribution in [0.5, 0.6) is 11.5 Å². The summed E-state index contributed by atoms with van der Waals surface area (Å²) in [6.07, 6.45) is 2.73. The summed E-state index contributed by atoms with van der Waals surface area (Å²) in [5.74, 6) is 1.84. The zero-order valence-corrected chi connectivity index (χ0v) is 10.5. The molecule has 0 heterocycles. The second kappa shape index (κ2) is 4.96. The Bertz CT molecular complexity index is 368. The van der Waals surface area contributed by atoms with Gasteiger partial charge in [-0.25, -0.2) is 0 Å². The summed E-state index contributed by atoms with van der Waals surface area (Å²) < 4.78 is 0. The Morgan fingerprint density at radius 1 is 1.18 bits per heavy atom. The summed E-state index contributed by atoms with van der Waals surface area (Å²) in [6, 6.07) is 4.88. The van der Waals surface area contributed by atoms with Crippen molar-refractivity contribution in [3.63, 3.8) is 0 Å². The molecule has 17 heavy (non-hydrogen) atoms. The van der Waals surface area contributed by atoms with Crippen molar-refractivity contribution >= 4 is 0 Å². The van der Waals surface area contributed by atoms with Crippen LogP contribution in [-0.4, -0.2) is 16.8 Å². The number of benzene rings is 1. The second-order valence-electron chi connectivity index (χ2n) is 5.23. The van der Waals surface area contributed by atoms with Crippen LogP contribution in [0.3, 0.4) is 0 Å². The average molecular weight is 235 g/mol. The molecule has 1 aromatic rings. The maximum atomic E-state index is 9.43. The zero-order valence-electron chi connectivity index (χ0n) is 10.5. The van der Waals surface area contributed by atoms with Crippen LogP contribution in [0.2, 0.25) is 0 Å². The van der Waals surface area contributed by atoms with Crippen molar-refractivity contribution < 1.29 is 10.2 Å². The normalized spacial score (nSPS) is 18.9. The third kappa shape index (κ3) is 3.37. The number of aromatic hydroxyl groups is 2. The average Bonchev–Trinajstić information content (AvgIpc) is 3.07. The minimum absolute atomic E-state index is 0.115. The molecule has 0 aliphatic heterocycles. The monoisotopic (exact) mass is 235 g/mol. The van der Waals surface area contributed by atoms with Crippen molar-refractivity contribution in [3.8, 4) is 11.5 Å². The molecular weight excluding hydrogens is 214 g/mol. The molecule has 1 fully saturated rings. The first-order valence-corrected chi connectivity index (χ1v) is 6.32. The van der Waals surface area contributed by atoms with Crippen LogP contribution in [0, 0.1) is 11.8 Å². The van der Waals surface area contributed by atoms with Gasteiger partial charge in [-0.1, -0.05) is 6.92 Å². The van der Waals surface area contributed by atoms with Gasteiger partial charge in [0.15, 0.2) is 0 Å². The van der Waals surface area contributed by atoms with Gasteiger partial charge in [0.2, 0.25) is 0 Å². The molecule has 0 aromatic heterocycles. The topological polar surface area (TPSA) is 52.5 Å². The van der Waals surface area contributed by atoms with Crippen LogP contribution in [0.25, 0.3) is 0 Å². The predicted molar refractivity (Wildman–Crippen MR) is 68.1 cm³/mol. The Morgan fingerprint density at radius 3 is 2.29 bits per heavy atom. The lowest BCUT2D eigenvalue weighted by Crippen LogP contribution is -2.25. The highest BCUT2D eigenvalue weighted by Crippen LogP contribution is 2.36. The molecule has 1 saturated carbocycles.